The first-order valence-corrected chi connectivity index (χ1v) is 7.53. The molecule has 0 saturated carbocycles. The van der Waals surface area contributed by atoms with Crippen molar-refractivity contribution in [2.24, 2.45) is 5.92 Å². The summed E-state index contributed by atoms with van der Waals surface area (Å²) in [4.78, 5) is 0. The largest absolute Gasteiger partial charge is 0.396 e. The highest BCUT2D eigenvalue weighted by Gasteiger charge is 2.26. The maximum Gasteiger partial charge on any atom is 0.211 e. The second-order valence-electron chi connectivity index (χ2n) is 4.62. The third kappa shape index (κ3) is 3.19. The Kier molecular flexibility index (Phi) is 3.39. The van der Waals surface area contributed by atoms with E-state index in [1.807, 2.05) is 0 Å². The van der Waals surface area contributed by atoms with Gasteiger partial charge < -0.3 is 5.73 Å². The fraction of sp³-hybridized carbons (Fsp3) is 0.700. The molecule has 1 aliphatic rings. The lowest BCUT2D eigenvalue weighted by atomic mass is 10.00. The van der Waals surface area contributed by atoms with Crippen LogP contribution in [0, 0.1) is 5.92 Å². The Morgan fingerprint density at radius 3 is 2.94 bits per heavy atom. The van der Waals surface area contributed by atoms with E-state index in [9.17, 15) is 8.42 Å². The topological polar surface area (TPSA) is 81.2 Å². The Morgan fingerprint density at radius 2 is 2.35 bits per heavy atom. The van der Waals surface area contributed by atoms with Gasteiger partial charge in [0.05, 0.1) is 18.1 Å². The summed E-state index contributed by atoms with van der Waals surface area (Å²) in [5.41, 5.74) is 6.23. The van der Waals surface area contributed by atoms with Crippen molar-refractivity contribution in [3.63, 3.8) is 0 Å². The number of nitrogen functional groups attached to an aromatic ring is 1. The number of aromatic nitrogens is 2. The van der Waals surface area contributed by atoms with E-state index in [1.54, 1.807) is 21.4 Å². The van der Waals surface area contributed by atoms with E-state index in [0.717, 1.165) is 19.4 Å². The highest BCUT2D eigenvalue weighted by Crippen LogP contribution is 2.20. The molecule has 0 bridgehead atoms. The maximum atomic E-state index is 11.5. The van der Waals surface area contributed by atoms with Gasteiger partial charge in [-0.1, -0.05) is 0 Å². The number of hydrogen-bond acceptors (Lipinski definition) is 4. The standard InChI is InChI=1S/C10H18N4O2S/c1-17(15,16)14-4-2-3-9(7-14)6-13-8-10(11)5-12-13/h5,8-9H,2-4,6-7,11H2,1H3. The van der Waals surface area contributed by atoms with Crippen LogP contribution in [0.25, 0.3) is 0 Å². The Hall–Kier alpha value is -1.08. The van der Waals surface area contributed by atoms with Crippen molar-refractivity contribution in [1.82, 2.24) is 14.1 Å². The second-order valence-corrected chi connectivity index (χ2v) is 6.61. The van der Waals surface area contributed by atoms with Crippen LogP contribution in [0.2, 0.25) is 0 Å². The van der Waals surface area contributed by atoms with Gasteiger partial charge in [-0.25, -0.2) is 12.7 Å². The van der Waals surface area contributed by atoms with Crippen molar-refractivity contribution in [3.8, 4) is 0 Å². The molecule has 1 unspecified atom stereocenters. The van der Waals surface area contributed by atoms with Gasteiger partial charge in [0.1, 0.15) is 0 Å². The quantitative estimate of drug-likeness (QED) is 0.836. The summed E-state index contributed by atoms with van der Waals surface area (Å²) in [5.74, 6) is 0.317. The van der Waals surface area contributed by atoms with E-state index in [0.29, 0.717) is 24.7 Å². The zero-order valence-electron chi connectivity index (χ0n) is 9.91. The van der Waals surface area contributed by atoms with Crippen LogP contribution >= 0.6 is 0 Å². The van der Waals surface area contributed by atoms with Crippen LogP contribution in [-0.2, 0) is 16.6 Å². The molecule has 1 fully saturated rings. The van der Waals surface area contributed by atoms with Crippen LogP contribution in [0.15, 0.2) is 12.4 Å². The molecule has 1 atom stereocenters. The third-order valence-electron chi connectivity index (χ3n) is 3.05. The zero-order valence-corrected chi connectivity index (χ0v) is 10.7. The van der Waals surface area contributed by atoms with Crippen molar-refractivity contribution >= 4 is 15.7 Å². The number of rotatable bonds is 3. The molecule has 96 valence electrons. The molecule has 1 aromatic heterocycles. The highest BCUT2D eigenvalue weighted by atomic mass is 32.2. The van der Waals surface area contributed by atoms with Gasteiger partial charge in [0.25, 0.3) is 0 Å². The molecular formula is C10H18N4O2S. The molecule has 1 aliphatic heterocycles. The molecule has 6 nitrogen and oxygen atoms in total. The molecule has 1 saturated heterocycles. The normalized spacial score (nSPS) is 22.8. The van der Waals surface area contributed by atoms with Crippen LogP contribution in [0.1, 0.15) is 12.8 Å². The number of piperidine rings is 1. The summed E-state index contributed by atoms with van der Waals surface area (Å²) in [7, 11) is -3.07. The van der Waals surface area contributed by atoms with E-state index in [1.165, 1.54) is 6.26 Å². The minimum Gasteiger partial charge on any atom is -0.396 e. The molecule has 2 rings (SSSR count). The smallest absolute Gasteiger partial charge is 0.211 e. The molecule has 0 amide bonds. The minimum atomic E-state index is -3.07. The van der Waals surface area contributed by atoms with Gasteiger partial charge in [-0.3, -0.25) is 4.68 Å². The van der Waals surface area contributed by atoms with Gasteiger partial charge in [-0.15, -0.1) is 0 Å². The molecule has 2 heterocycles. The summed E-state index contributed by atoms with van der Waals surface area (Å²) >= 11 is 0. The van der Waals surface area contributed by atoms with Crippen LogP contribution in [0.3, 0.4) is 0 Å². The van der Waals surface area contributed by atoms with E-state index in [-0.39, 0.29) is 0 Å². The summed E-state index contributed by atoms with van der Waals surface area (Å²) in [6.07, 6.45) is 6.60. The Bertz CT molecular complexity index is 482. The van der Waals surface area contributed by atoms with Crippen LogP contribution in [-0.4, -0.2) is 41.8 Å². The summed E-state index contributed by atoms with van der Waals surface area (Å²) < 4.78 is 26.3. The maximum absolute atomic E-state index is 11.5. The van der Waals surface area contributed by atoms with E-state index in [4.69, 9.17) is 5.73 Å². The lowest BCUT2D eigenvalue weighted by Gasteiger charge is -2.30. The van der Waals surface area contributed by atoms with E-state index >= 15 is 0 Å². The number of nitrogens with two attached hydrogens (primary N) is 1. The highest BCUT2D eigenvalue weighted by molar-refractivity contribution is 7.88. The average Bonchev–Trinajstić information content (AvgIpc) is 2.63. The number of nitrogens with zero attached hydrogens (tertiary/aromatic N) is 3. The third-order valence-corrected chi connectivity index (χ3v) is 4.32. The molecule has 7 heteroatoms. The predicted molar refractivity (Wildman–Crippen MR) is 65.8 cm³/mol. The predicted octanol–water partition coefficient (Wildman–Crippen LogP) is 0.137. The molecule has 17 heavy (non-hydrogen) atoms. The van der Waals surface area contributed by atoms with Crippen LogP contribution in [0.4, 0.5) is 5.69 Å². The fourth-order valence-corrected chi connectivity index (χ4v) is 3.16. The number of sulfonamides is 1. The Labute approximate surface area is 101 Å². The van der Waals surface area contributed by atoms with E-state index < -0.39 is 10.0 Å². The minimum absolute atomic E-state index is 0.317. The number of hydrogen-bond donors (Lipinski definition) is 1. The van der Waals surface area contributed by atoms with Gasteiger partial charge in [0.15, 0.2) is 0 Å². The summed E-state index contributed by atoms with van der Waals surface area (Å²) in [6.45, 7) is 1.94. The van der Waals surface area contributed by atoms with Crippen molar-refractivity contribution in [2.45, 2.75) is 19.4 Å². The van der Waals surface area contributed by atoms with Gasteiger partial charge in [-0.2, -0.15) is 5.10 Å². The second kappa shape index (κ2) is 4.66. The van der Waals surface area contributed by atoms with Gasteiger partial charge in [-0.05, 0) is 18.8 Å². The molecular weight excluding hydrogens is 240 g/mol. The first-order chi connectivity index (χ1) is 7.95. The number of anilines is 1. The van der Waals surface area contributed by atoms with Crippen LogP contribution < -0.4 is 5.73 Å². The monoisotopic (exact) mass is 258 g/mol. The summed E-state index contributed by atoms with van der Waals surface area (Å²) in [5, 5.41) is 4.12. The molecule has 0 aliphatic carbocycles. The summed E-state index contributed by atoms with van der Waals surface area (Å²) in [6, 6.07) is 0. The molecule has 1 aromatic rings. The lowest BCUT2D eigenvalue weighted by molar-refractivity contribution is 0.240. The van der Waals surface area contributed by atoms with Crippen molar-refractivity contribution < 1.29 is 8.42 Å². The van der Waals surface area contributed by atoms with Crippen molar-refractivity contribution in [1.29, 1.82) is 0 Å². The lowest BCUT2D eigenvalue weighted by Crippen LogP contribution is -2.40. The van der Waals surface area contributed by atoms with Gasteiger partial charge in [0, 0.05) is 25.8 Å². The van der Waals surface area contributed by atoms with E-state index in [2.05, 4.69) is 5.10 Å². The molecule has 2 N–H and O–H groups in total. The van der Waals surface area contributed by atoms with Crippen molar-refractivity contribution in [2.75, 3.05) is 25.1 Å². The molecule has 0 spiro atoms. The SMILES string of the molecule is CS(=O)(=O)N1CCCC(Cn2cc(N)cn2)C1. The average molecular weight is 258 g/mol. The van der Waals surface area contributed by atoms with Gasteiger partial charge >= 0.3 is 0 Å². The Morgan fingerprint density at radius 1 is 1.59 bits per heavy atom. The first-order valence-electron chi connectivity index (χ1n) is 5.68. The fourth-order valence-electron chi connectivity index (χ4n) is 2.22. The zero-order chi connectivity index (χ0) is 12.5. The first kappa shape index (κ1) is 12.4. The molecule has 0 aromatic carbocycles. The van der Waals surface area contributed by atoms with Crippen molar-refractivity contribution in [3.05, 3.63) is 12.4 Å². The molecule has 0 radical (unpaired) electrons. The van der Waals surface area contributed by atoms with Crippen LogP contribution in [0.5, 0.6) is 0 Å². The van der Waals surface area contributed by atoms with Gasteiger partial charge in [0.2, 0.25) is 10.0 Å². The Balaban J connectivity index is 1.98.